The molecule has 0 aromatic heterocycles. The molecule has 0 radical (unpaired) electrons. The average Bonchev–Trinajstić information content (AvgIpc) is 2.76. The first kappa shape index (κ1) is 14.7. The summed E-state index contributed by atoms with van der Waals surface area (Å²) in [5.74, 6) is 0.773. The Bertz CT molecular complexity index is 423. The topological polar surface area (TPSA) is 38.0 Å². The maximum Gasteiger partial charge on any atom is 0.0486 e. The molecule has 0 unspecified atom stereocenters. The molecule has 0 bridgehead atoms. The van der Waals surface area contributed by atoms with Crippen LogP contribution in [0.3, 0.4) is 0 Å². The van der Waals surface area contributed by atoms with Crippen LogP contribution in [-0.4, -0.2) is 6.54 Å². The number of rotatable bonds is 5. The Labute approximate surface area is 125 Å². The number of nitrogens with one attached hydrogen (secondary N) is 1. The van der Waals surface area contributed by atoms with Crippen molar-refractivity contribution in [3.63, 3.8) is 0 Å². The summed E-state index contributed by atoms with van der Waals surface area (Å²) < 4.78 is 1.06. The van der Waals surface area contributed by atoms with Gasteiger partial charge in [-0.05, 0) is 64.7 Å². The van der Waals surface area contributed by atoms with Gasteiger partial charge in [-0.1, -0.05) is 26.7 Å². The molecule has 3 N–H and O–H groups in total. The van der Waals surface area contributed by atoms with Crippen LogP contribution < -0.4 is 11.1 Å². The Morgan fingerprint density at radius 1 is 1.32 bits per heavy atom. The van der Waals surface area contributed by atoms with Gasteiger partial charge in [-0.3, -0.25) is 0 Å². The Kier molecular flexibility index (Phi) is 4.77. The van der Waals surface area contributed by atoms with E-state index in [0.29, 0.717) is 5.41 Å². The summed E-state index contributed by atoms with van der Waals surface area (Å²) in [6.45, 7) is 5.74. The van der Waals surface area contributed by atoms with Crippen LogP contribution in [0.5, 0.6) is 0 Å². The van der Waals surface area contributed by atoms with Crippen LogP contribution in [-0.2, 0) is 0 Å². The van der Waals surface area contributed by atoms with Crippen LogP contribution in [0.15, 0.2) is 22.7 Å². The van der Waals surface area contributed by atoms with Gasteiger partial charge in [0.25, 0.3) is 0 Å². The van der Waals surface area contributed by atoms with Crippen LogP contribution in [0.25, 0.3) is 0 Å². The molecule has 0 saturated heterocycles. The van der Waals surface area contributed by atoms with Gasteiger partial charge in [0.15, 0.2) is 0 Å². The Balaban J connectivity index is 2.02. The predicted octanol–water partition coefficient (Wildman–Crippen LogP) is 5.05. The fourth-order valence-corrected chi connectivity index (χ4v) is 3.94. The molecule has 0 amide bonds. The van der Waals surface area contributed by atoms with Crippen molar-refractivity contribution in [3.05, 3.63) is 22.7 Å². The van der Waals surface area contributed by atoms with Crippen LogP contribution in [0.1, 0.15) is 46.0 Å². The molecule has 1 aliphatic rings. The normalized spacial score (nSPS) is 17.9. The number of hydrogen-bond acceptors (Lipinski definition) is 2. The third-order valence-electron chi connectivity index (χ3n) is 4.15. The standard InChI is InChI=1S/C16H25BrN2/c1-12(2)10-16(7-3-4-8-16)11-19-15-6-5-13(18)9-14(15)17/h5-6,9,12,19H,3-4,7-8,10-11,18H2,1-2H3. The van der Waals surface area contributed by atoms with E-state index in [-0.39, 0.29) is 0 Å². The molecule has 1 aliphatic carbocycles. The minimum Gasteiger partial charge on any atom is -0.399 e. The summed E-state index contributed by atoms with van der Waals surface area (Å²) in [6.07, 6.45) is 6.83. The number of benzene rings is 1. The van der Waals surface area contributed by atoms with Gasteiger partial charge in [0.1, 0.15) is 0 Å². The second-order valence-corrected chi connectivity index (χ2v) is 7.25. The zero-order valence-electron chi connectivity index (χ0n) is 12.0. The van der Waals surface area contributed by atoms with E-state index in [1.54, 1.807) is 0 Å². The van der Waals surface area contributed by atoms with Gasteiger partial charge in [-0.25, -0.2) is 0 Å². The molecule has 0 heterocycles. The van der Waals surface area contributed by atoms with E-state index < -0.39 is 0 Å². The second-order valence-electron chi connectivity index (χ2n) is 6.40. The largest absolute Gasteiger partial charge is 0.399 e. The van der Waals surface area contributed by atoms with Crippen LogP contribution >= 0.6 is 15.9 Å². The third-order valence-corrected chi connectivity index (χ3v) is 4.81. The molecule has 0 atom stereocenters. The summed E-state index contributed by atoms with van der Waals surface area (Å²) in [4.78, 5) is 0. The number of nitrogens with two attached hydrogens (primary N) is 1. The first-order valence-corrected chi connectivity index (χ1v) is 8.09. The molecular weight excluding hydrogens is 300 g/mol. The van der Waals surface area contributed by atoms with Crippen molar-refractivity contribution in [2.24, 2.45) is 11.3 Å². The number of nitrogen functional groups attached to an aromatic ring is 1. The van der Waals surface area contributed by atoms with Gasteiger partial charge in [0.05, 0.1) is 0 Å². The smallest absolute Gasteiger partial charge is 0.0486 e. The lowest BCUT2D eigenvalue weighted by molar-refractivity contribution is 0.252. The van der Waals surface area contributed by atoms with E-state index in [4.69, 9.17) is 5.73 Å². The van der Waals surface area contributed by atoms with Crippen LogP contribution in [0, 0.1) is 11.3 Å². The van der Waals surface area contributed by atoms with E-state index in [0.717, 1.165) is 28.3 Å². The quantitative estimate of drug-likeness (QED) is 0.744. The van der Waals surface area contributed by atoms with Crippen LogP contribution in [0.2, 0.25) is 0 Å². The molecule has 1 saturated carbocycles. The summed E-state index contributed by atoms with van der Waals surface area (Å²) in [5.41, 5.74) is 8.23. The highest BCUT2D eigenvalue weighted by Crippen LogP contribution is 2.43. The summed E-state index contributed by atoms with van der Waals surface area (Å²) >= 11 is 3.58. The zero-order valence-corrected chi connectivity index (χ0v) is 13.6. The lowest BCUT2D eigenvalue weighted by Gasteiger charge is -2.31. The molecule has 0 spiro atoms. The minimum absolute atomic E-state index is 0.495. The summed E-state index contributed by atoms with van der Waals surface area (Å²) in [6, 6.07) is 5.99. The third kappa shape index (κ3) is 3.88. The predicted molar refractivity (Wildman–Crippen MR) is 87.4 cm³/mol. The molecule has 2 nitrogen and oxygen atoms in total. The first-order chi connectivity index (χ1) is 9.01. The van der Waals surface area contributed by atoms with Gasteiger partial charge >= 0.3 is 0 Å². The van der Waals surface area contributed by atoms with Crippen molar-refractivity contribution in [1.82, 2.24) is 0 Å². The highest BCUT2D eigenvalue weighted by molar-refractivity contribution is 9.10. The number of hydrogen-bond donors (Lipinski definition) is 2. The molecule has 1 aromatic rings. The maximum atomic E-state index is 5.78. The molecule has 3 heteroatoms. The molecule has 1 fully saturated rings. The molecule has 1 aromatic carbocycles. The highest BCUT2D eigenvalue weighted by Gasteiger charge is 2.34. The lowest BCUT2D eigenvalue weighted by atomic mass is 9.78. The highest BCUT2D eigenvalue weighted by atomic mass is 79.9. The van der Waals surface area contributed by atoms with Gasteiger partial charge in [0, 0.05) is 22.4 Å². The van der Waals surface area contributed by atoms with Crippen molar-refractivity contribution < 1.29 is 0 Å². The fourth-order valence-electron chi connectivity index (χ4n) is 3.40. The lowest BCUT2D eigenvalue weighted by Crippen LogP contribution is -2.28. The van der Waals surface area contributed by atoms with Crippen molar-refractivity contribution >= 4 is 27.3 Å². The van der Waals surface area contributed by atoms with Gasteiger partial charge < -0.3 is 11.1 Å². The Hall–Kier alpha value is -0.700. The molecule has 19 heavy (non-hydrogen) atoms. The van der Waals surface area contributed by atoms with Crippen molar-refractivity contribution in [3.8, 4) is 0 Å². The minimum atomic E-state index is 0.495. The maximum absolute atomic E-state index is 5.78. The first-order valence-electron chi connectivity index (χ1n) is 7.30. The van der Waals surface area contributed by atoms with E-state index in [2.05, 4.69) is 41.2 Å². The number of halogens is 1. The van der Waals surface area contributed by atoms with Crippen molar-refractivity contribution in [1.29, 1.82) is 0 Å². The average molecular weight is 325 g/mol. The molecular formula is C16H25BrN2. The van der Waals surface area contributed by atoms with Gasteiger partial charge in [-0.15, -0.1) is 0 Å². The van der Waals surface area contributed by atoms with Crippen molar-refractivity contribution in [2.45, 2.75) is 46.0 Å². The Morgan fingerprint density at radius 3 is 2.58 bits per heavy atom. The summed E-state index contributed by atoms with van der Waals surface area (Å²) in [5, 5.41) is 3.63. The van der Waals surface area contributed by atoms with E-state index in [1.807, 2.05) is 12.1 Å². The summed E-state index contributed by atoms with van der Waals surface area (Å²) in [7, 11) is 0. The van der Waals surface area contributed by atoms with E-state index in [1.165, 1.54) is 32.1 Å². The SMILES string of the molecule is CC(C)CC1(CNc2ccc(N)cc2Br)CCCC1. The molecule has 0 aliphatic heterocycles. The van der Waals surface area contributed by atoms with Crippen LogP contribution in [0.4, 0.5) is 11.4 Å². The van der Waals surface area contributed by atoms with E-state index >= 15 is 0 Å². The molecule has 2 rings (SSSR count). The van der Waals surface area contributed by atoms with Crippen molar-refractivity contribution in [2.75, 3.05) is 17.6 Å². The number of anilines is 2. The second kappa shape index (κ2) is 6.17. The van der Waals surface area contributed by atoms with E-state index in [9.17, 15) is 0 Å². The monoisotopic (exact) mass is 324 g/mol. The van der Waals surface area contributed by atoms with Gasteiger partial charge in [0.2, 0.25) is 0 Å². The molecule has 106 valence electrons. The van der Waals surface area contributed by atoms with Gasteiger partial charge in [-0.2, -0.15) is 0 Å². The Morgan fingerprint density at radius 2 is 2.00 bits per heavy atom. The zero-order chi connectivity index (χ0) is 13.9. The fraction of sp³-hybridized carbons (Fsp3) is 0.625.